The summed E-state index contributed by atoms with van der Waals surface area (Å²) in [6.07, 6.45) is 6.15. The Morgan fingerprint density at radius 3 is 3.00 bits per heavy atom. The van der Waals surface area contributed by atoms with Crippen LogP contribution in [0.15, 0.2) is 30.5 Å². The molecule has 0 amide bonds. The molecule has 0 saturated heterocycles. The number of aryl methyl sites for hydroxylation is 1. The smallest absolute Gasteiger partial charge is 0.0479 e. The van der Waals surface area contributed by atoms with E-state index in [0.29, 0.717) is 0 Å². The second kappa shape index (κ2) is 4.81. The van der Waals surface area contributed by atoms with E-state index in [1.807, 2.05) is 6.26 Å². The van der Waals surface area contributed by atoms with Crippen LogP contribution in [0.25, 0.3) is 10.9 Å². The summed E-state index contributed by atoms with van der Waals surface area (Å²) in [5.41, 5.74) is 2.57. The molecule has 0 aliphatic heterocycles. The number of nitrogens with one attached hydrogen (secondary N) is 1. The molecule has 0 radical (unpaired) electrons. The number of hydrogen-bond acceptors (Lipinski definition) is 2. The number of thiocarbonyl (C=S) groups is 1. The molecule has 1 aromatic carbocycles. The normalized spacial score (nSPS) is 10.7. The predicted octanol–water partition coefficient (Wildman–Crippen LogP) is 3.79. The summed E-state index contributed by atoms with van der Waals surface area (Å²) in [5.74, 6) is 0. The van der Waals surface area contributed by atoms with Gasteiger partial charge in [-0.1, -0.05) is 30.4 Å². The highest BCUT2D eigenvalue weighted by Gasteiger charge is 2.03. The van der Waals surface area contributed by atoms with E-state index in [1.165, 1.54) is 16.5 Å². The number of rotatable bonds is 3. The molecule has 78 valence electrons. The molecule has 2 aromatic rings. The molecule has 0 aliphatic rings. The fourth-order valence-corrected chi connectivity index (χ4v) is 2.09. The molecule has 0 fully saturated rings. The Morgan fingerprint density at radius 2 is 2.20 bits per heavy atom. The molecule has 15 heavy (non-hydrogen) atoms. The zero-order valence-electron chi connectivity index (χ0n) is 8.62. The van der Waals surface area contributed by atoms with Gasteiger partial charge in [-0.25, -0.2) is 0 Å². The van der Waals surface area contributed by atoms with Gasteiger partial charge < -0.3 is 4.98 Å². The summed E-state index contributed by atoms with van der Waals surface area (Å²) in [6.45, 7) is 0. The van der Waals surface area contributed by atoms with Gasteiger partial charge in [0.1, 0.15) is 0 Å². The number of fused-ring (bicyclic) bond motifs is 1. The monoisotopic (exact) mass is 235 g/mol. The van der Waals surface area contributed by atoms with Crippen molar-refractivity contribution in [2.75, 3.05) is 6.26 Å². The molecule has 0 aliphatic carbocycles. The van der Waals surface area contributed by atoms with Crippen LogP contribution < -0.4 is 0 Å². The number of hydrogen-bond donors (Lipinski definition) is 1. The molecule has 2 rings (SSSR count). The van der Waals surface area contributed by atoms with Crippen molar-refractivity contribution >= 4 is 39.1 Å². The van der Waals surface area contributed by atoms with Gasteiger partial charge in [-0.15, -0.1) is 11.8 Å². The van der Waals surface area contributed by atoms with E-state index < -0.39 is 0 Å². The van der Waals surface area contributed by atoms with Crippen LogP contribution in [0, 0.1) is 0 Å². The van der Waals surface area contributed by atoms with Crippen LogP contribution in [-0.4, -0.2) is 15.4 Å². The highest BCUT2D eigenvalue weighted by molar-refractivity contribution is 8.22. The van der Waals surface area contributed by atoms with Crippen molar-refractivity contribution in [2.45, 2.75) is 12.8 Å². The standard InChI is InChI=1S/C12H13NS2/c1-15-12(14)7-6-9-8-13-11-5-3-2-4-10(9)11/h2-5,8,13H,6-7H2,1H3. The fourth-order valence-electron chi connectivity index (χ4n) is 1.68. The Morgan fingerprint density at radius 1 is 1.40 bits per heavy atom. The number of thioether (sulfide) groups is 1. The minimum atomic E-state index is 0.984. The highest BCUT2D eigenvalue weighted by atomic mass is 32.2. The third-order valence-corrected chi connectivity index (χ3v) is 3.86. The lowest BCUT2D eigenvalue weighted by Gasteiger charge is -1.99. The van der Waals surface area contributed by atoms with Crippen molar-refractivity contribution in [3.63, 3.8) is 0 Å². The second-order valence-electron chi connectivity index (χ2n) is 3.44. The minimum Gasteiger partial charge on any atom is -0.361 e. The van der Waals surface area contributed by atoms with Gasteiger partial charge in [0, 0.05) is 21.3 Å². The van der Waals surface area contributed by atoms with Gasteiger partial charge in [-0.3, -0.25) is 0 Å². The van der Waals surface area contributed by atoms with E-state index in [4.69, 9.17) is 12.2 Å². The summed E-state index contributed by atoms with van der Waals surface area (Å²) in [5, 5.41) is 1.32. The molecule has 0 atom stereocenters. The maximum atomic E-state index is 5.20. The molecule has 1 nitrogen and oxygen atoms in total. The van der Waals surface area contributed by atoms with Crippen LogP contribution in [0.3, 0.4) is 0 Å². The van der Waals surface area contributed by atoms with Crippen molar-refractivity contribution in [1.82, 2.24) is 4.98 Å². The molecule has 0 bridgehead atoms. The van der Waals surface area contributed by atoms with E-state index in [-0.39, 0.29) is 0 Å². The van der Waals surface area contributed by atoms with E-state index in [0.717, 1.165) is 17.0 Å². The fraction of sp³-hybridized carbons (Fsp3) is 0.250. The van der Waals surface area contributed by atoms with Crippen LogP contribution in [0.4, 0.5) is 0 Å². The molecule has 0 spiro atoms. The van der Waals surface area contributed by atoms with Gasteiger partial charge in [-0.2, -0.15) is 0 Å². The van der Waals surface area contributed by atoms with Crippen LogP contribution in [0.5, 0.6) is 0 Å². The lowest BCUT2D eigenvalue weighted by atomic mass is 10.1. The number of benzene rings is 1. The first-order valence-corrected chi connectivity index (χ1v) is 6.56. The Hall–Kier alpha value is -0.800. The molecular formula is C12H13NS2. The van der Waals surface area contributed by atoms with Crippen LogP contribution in [0.2, 0.25) is 0 Å². The second-order valence-corrected chi connectivity index (χ2v) is 5.09. The first kappa shape index (κ1) is 10.7. The van der Waals surface area contributed by atoms with E-state index in [2.05, 4.69) is 35.4 Å². The summed E-state index contributed by atoms with van der Waals surface area (Å²) in [4.78, 5) is 3.28. The quantitative estimate of drug-likeness (QED) is 0.815. The average Bonchev–Trinajstić information content (AvgIpc) is 2.69. The highest BCUT2D eigenvalue weighted by Crippen LogP contribution is 2.20. The largest absolute Gasteiger partial charge is 0.361 e. The number of aromatic amines is 1. The lowest BCUT2D eigenvalue weighted by Crippen LogP contribution is -1.90. The molecule has 1 N–H and O–H groups in total. The van der Waals surface area contributed by atoms with Gasteiger partial charge in [0.25, 0.3) is 0 Å². The van der Waals surface area contributed by atoms with E-state index in [9.17, 15) is 0 Å². The predicted molar refractivity (Wildman–Crippen MR) is 72.7 cm³/mol. The SMILES string of the molecule is CSC(=S)CCc1c[nH]c2ccccc12. The number of para-hydroxylation sites is 1. The van der Waals surface area contributed by atoms with Crippen molar-refractivity contribution in [3.8, 4) is 0 Å². The third kappa shape index (κ3) is 2.41. The van der Waals surface area contributed by atoms with Gasteiger partial charge in [0.15, 0.2) is 0 Å². The minimum absolute atomic E-state index is 0.984. The van der Waals surface area contributed by atoms with Gasteiger partial charge in [0.2, 0.25) is 0 Å². The maximum Gasteiger partial charge on any atom is 0.0479 e. The molecular weight excluding hydrogens is 222 g/mol. The van der Waals surface area contributed by atoms with Gasteiger partial charge in [-0.05, 0) is 30.7 Å². The molecule has 1 heterocycles. The summed E-state index contributed by atoms with van der Waals surface area (Å²) >= 11 is 6.88. The summed E-state index contributed by atoms with van der Waals surface area (Å²) in [6, 6.07) is 8.39. The van der Waals surface area contributed by atoms with E-state index in [1.54, 1.807) is 11.8 Å². The van der Waals surface area contributed by atoms with Crippen LogP contribution in [0.1, 0.15) is 12.0 Å². The Balaban J connectivity index is 2.18. The zero-order valence-corrected chi connectivity index (χ0v) is 10.3. The van der Waals surface area contributed by atoms with Crippen LogP contribution >= 0.6 is 24.0 Å². The zero-order chi connectivity index (χ0) is 10.7. The van der Waals surface area contributed by atoms with Gasteiger partial charge >= 0.3 is 0 Å². The number of H-pyrrole nitrogens is 1. The van der Waals surface area contributed by atoms with E-state index >= 15 is 0 Å². The van der Waals surface area contributed by atoms with Crippen molar-refractivity contribution in [3.05, 3.63) is 36.0 Å². The average molecular weight is 235 g/mol. The Kier molecular flexibility index (Phi) is 3.44. The van der Waals surface area contributed by atoms with Gasteiger partial charge in [0.05, 0.1) is 0 Å². The molecule has 0 saturated carbocycles. The van der Waals surface area contributed by atoms with Crippen molar-refractivity contribution in [2.24, 2.45) is 0 Å². The maximum absolute atomic E-state index is 5.20. The van der Waals surface area contributed by atoms with Crippen LogP contribution in [-0.2, 0) is 6.42 Å². The summed E-state index contributed by atoms with van der Waals surface area (Å²) in [7, 11) is 0. The Labute approximate surface area is 99.3 Å². The van der Waals surface area contributed by atoms with Crippen molar-refractivity contribution in [1.29, 1.82) is 0 Å². The molecule has 0 unspecified atom stereocenters. The first-order valence-electron chi connectivity index (χ1n) is 4.93. The topological polar surface area (TPSA) is 15.8 Å². The molecule has 1 aromatic heterocycles. The molecule has 3 heteroatoms. The summed E-state index contributed by atoms with van der Waals surface area (Å²) < 4.78 is 1.08. The van der Waals surface area contributed by atoms with Crippen molar-refractivity contribution < 1.29 is 0 Å². The third-order valence-electron chi connectivity index (χ3n) is 2.50. The Bertz CT molecular complexity index is 473. The lowest BCUT2D eigenvalue weighted by molar-refractivity contribution is 1.07. The first-order chi connectivity index (χ1) is 7.31. The number of aromatic nitrogens is 1.